The monoisotopic (exact) mass is 162 g/mol. The molecule has 0 aliphatic carbocycles. The van der Waals surface area contributed by atoms with Crippen LogP contribution in [0.25, 0.3) is 0 Å². The number of hydrogen-bond donors (Lipinski definition) is 0. The van der Waals surface area contributed by atoms with Gasteiger partial charge in [-0.15, -0.1) is 0 Å². The van der Waals surface area contributed by atoms with Crippen molar-refractivity contribution >= 4 is 15.0 Å². The number of rotatable bonds is 0. The van der Waals surface area contributed by atoms with Crippen molar-refractivity contribution in [1.82, 2.24) is 0 Å². The maximum absolute atomic E-state index is 2.33. The van der Waals surface area contributed by atoms with Gasteiger partial charge >= 0.3 is 50.6 Å². The van der Waals surface area contributed by atoms with Gasteiger partial charge in [-0.25, -0.2) is 0 Å². The van der Waals surface area contributed by atoms with Crippen molar-refractivity contribution < 1.29 is 0 Å². The van der Waals surface area contributed by atoms with Gasteiger partial charge in [-0.3, -0.25) is 0 Å². The molecule has 0 aromatic heterocycles. The van der Waals surface area contributed by atoms with E-state index in [1.165, 1.54) is 5.32 Å². The summed E-state index contributed by atoms with van der Waals surface area (Å²) in [6.45, 7) is 4.58. The second-order valence-corrected chi connectivity index (χ2v) is 4.48. The average Bonchev–Trinajstić information content (AvgIpc) is 1.84. The van der Waals surface area contributed by atoms with E-state index in [9.17, 15) is 0 Å². The van der Waals surface area contributed by atoms with Gasteiger partial charge in [0.15, 0.2) is 0 Å². The summed E-state index contributed by atoms with van der Waals surface area (Å²) in [6, 6.07) is 0. The summed E-state index contributed by atoms with van der Waals surface area (Å²) < 4.78 is 0. The Morgan fingerprint density at radius 1 is 1.57 bits per heavy atom. The maximum atomic E-state index is 2.33. The molecule has 0 aromatic rings. The van der Waals surface area contributed by atoms with Crippen LogP contribution in [0.15, 0.2) is 11.1 Å². The van der Waals surface area contributed by atoms with Crippen LogP contribution in [0, 0.1) is 5.41 Å². The number of allylic oxidation sites excluding steroid dienone is 1. The summed E-state index contributed by atoms with van der Waals surface area (Å²) in [5.74, 6) is 0. The van der Waals surface area contributed by atoms with Gasteiger partial charge in [-0.2, -0.15) is 0 Å². The first-order valence-corrected chi connectivity index (χ1v) is 4.70. The summed E-state index contributed by atoms with van der Waals surface area (Å²) in [5, 5.41) is 1.40. The zero-order valence-corrected chi connectivity index (χ0v) is 6.48. The second-order valence-electron chi connectivity index (χ2n) is 2.60. The minimum atomic E-state index is 0.542. The molecule has 0 spiro atoms. The van der Waals surface area contributed by atoms with Crippen molar-refractivity contribution in [2.24, 2.45) is 5.41 Å². The zero-order valence-electron chi connectivity index (χ0n) is 4.77. The molecule has 0 saturated heterocycles. The molecule has 1 heteroatoms. The van der Waals surface area contributed by atoms with Crippen LogP contribution in [-0.4, -0.2) is 15.0 Å². The van der Waals surface area contributed by atoms with Crippen molar-refractivity contribution in [3.63, 3.8) is 0 Å². The van der Waals surface area contributed by atoms with Crippen LogP contribution in [0.1, 0.15) is 13.8 Å². The summed E-state index contributed by atoms with van der Waals surface area (Å²) in [4.78, 5) is 2.33. The summed E-state index contributed by atoms with van der Waals surface area (Å²) in [6.07, 6.45) is 2.33. The van der Waals surface area contributed by atoms with E-state index in [0.717, 1.165) is 15.0 Å². The van der Waals surface area contributed by atoms with Crippen LogP contribution in [-0.2, 0) is 0 Å². The fraction of sp³-hybridized carbons (Fsp3) is 0.667. The molecule has 0 atom stereocenters. The molecule has 0 aromatic carbocycles. The van der Waals surface area contributed by atoms with Crippen molar-refractivity contribution in [3.8, 4) is 0 Å². The molecule has 0 bridgehead atoms. The van der Waals surface area contributed by atoms with Gasteiger partial charge in [0, 0.05) is 0 Å². The van der Waals surface area contributed by atoms with Crippen molar-refractivity contribution in [3.05, 3.63) is 11.1 Å². The molecule has 0 N–H and O–H groups in total. The van der Waals surface area contributed by atoms with Crippen LogP contribution in [0.4, 0.5) is 0 Å². The third-order valence-corrected chi connectivity index (χ3v) is 3.67. The Bertz CT molecular complexity index is 92.4. The van der Waals surface area contributed by atoms with Gasteiger partial charge in [0.05, 0.1) is 0 Å². The van der Waals surface area contributed by atoms with Gasteiger partial charge < -0.3 is 0 Å². The first kappa shape index (κ1) is 5.40. The van der Waals surface area contributed by atoms with Gasteiger partial charge in [-0.1, -0.05) is 0 Å². The van der Waals surface area contributed by atoms with E-state index in [0.29, 0.717) is 5.41 Å². The molecule has 0 fully saturated rings. The molecule has 0 saturated carbocycles. The molecule has 1 aliphatic rings. The first-order valence-electron chi connectivity index (χ1n) is 2.50. The van der Waals surface area contributed by atoms with Gasteiger partial charge in [0.25, 0.3) is 0 Å². The SMILES string of the molecule is CC1(C)C=C[Se]C1. The van der Waals surface area contributed by atoms with Gasteiger partial charge in [0.1, 0.15) is 0 Å². The molecule has 0 nitrogen and oxygen atoms in total. The molecule has 40 valence electrons. The first-order chi connectivity index (χ1) is 3.21. The van der Waals surface area contributed by atoms with Crippen LogP contribution < -0.4 is 0 Å². The Morgan fingerprint density at radius 2 is 2.29 bits per heavy atom. The molecule has 0 radical (unpaired) electrons. The van der Waals surface area contributed by atoms with Crippen LogP contribution in [0.3, 0.4) is 0 Å². The molecule has 7 heavy (non-hydrogen) atoms. The van der Waals surface area contributed by atoms with Gasteiger partial charge in [-0.05, 0) is 0 Å². The van der Waals surface area contributed by atoms with E-state index in [4.69, 9.17) is 0 Å². The molecule has 1 heterocycles. The van der Waals surface area contributed by atoms with Crippen LogP contribution in [0.5, 0.6) is 0 Å². The Hall–Kier alpha value is 0.259. The summed E-state index contributed by atoms with van der Waals surface area (Å²) >= 11 is 0.823. The van der Waals surface area contributed by atoms with Crippen LogP contribution in [0.2, 0.25) is 5.32 Å². The van der Waals surface area contributed by atoms with E-state index < -0.39 is 0 Å². The number of hydrogen-bond acceptors (Lipinski definition) is 0. The Morgan fingerprint density at radius 3 is 2.43 bits per heavy atom. The average molecular weight is 161 g/mol. The predicted molar refractivity (Wildman–Crippen MR) is 33.5 cm³/mol. The van der Waals surface area contributed by atoms with E-state index >= 15 is 0 Å². The van der Waals surface area contributed by atoms with Crippen molar-refractivity contribution in [2.75, 3.05) is 0 Å². The Kier molecular flexibility index (Phi) is 1.27. The predicted octanol–water partition coefficient (Wildman–Crippen LogP) is 1.66. The normalized spacial score (nSPS) is 26.0. The molecule has 1 rings (SSSR count). The van der Waals surface area contributed by atoms with Crippen molar-refractivity contribution in [1.29, 1.82) is 0 Å². The third-order valence-electron chi connectivity index (χ3n) is 1.07. The minimum absolute atomic E-state index is 0.542. The third kappa shape index (κ3) is 1.32. The molecule has 0 amide bonds. The van der Waals surface area contributed by atoms with Gasteiger partial charge in [0.2, 0.25) is 0 Å². The van der Waals surface area contributed by atoms with E-state index in [1.54, 1.807) is 0 Å². The summed E-state index contributed by atoms with van der Waals surface area (Å²) in [7, 11) is 0. The summed E-state index contributed by atoms with van der Waals surface area (Å²) in [5.41, 5.74) is 0.542. The topological polar surface area (TPSA) is 0 Å². The fourth-order valence-electron chi connectivity index (χ4n) is 0.543. The van der Waals surface area contributed by atoms with Crippen molar-refractivity contribution in [2.45, 2.75) is 19.2 Å². The standard InChI is InChI=1S/C6H10Se/c1-6(2)3-4-7-5-6/h3-4H,5H2,1-2H3. The Labute approximate surface area is 51.1 Å². The van der Waals surface area contributed by atoms with E-state index in [-0.39, 0.29) is 0 Å². The zero-order chi connectivity index (χ0) is 5.33. The second kappa shape index (κ2) is 1.65. The quantitative estimate of drug-likeness (QED) is 0.474. The Balaban J connectivity index is 2.57. The molecular formula is C6H10Se. The van der Waals surface area contributed by atoms with E-state index in [1.807, 2.05) is 0 Å². The molecule has 0 unspecified atom stereocenters. The molecular weight excluding hydrogens is 151 g/mol. The van der Waals surface area contributed by atoms with E-state index in [2.05, 4.69) is 24.9 Å². The van der Waals surface area contributed by atoms with Crippen LogP contribution >= 0.6 is 0 Å². The fourth-order valence-corrected chi connectivity index (χ4v) is 2.82. The molecule has 1 aliphatic heterocycles.